The van der Waals surface area contributed by atoms with Crippen LogP contribution in [0.3, 0.4) is 0 Å². The fourth-order valence-electron chi connectivity index (χ4n) is 3.24. The lowest BCUT2D eigenvalue weighted by Gasteiger charge is -2.13. The minimum Gasteiger partial charge on any atom is -0.456 e. The second kappa shape index (κ2) is 7.83. The normalized spacial score (nSPS) is 11.8. The maximum atomic E-state index is 5.99. The summed E-state index contributed by atoms with van der Waals surface area (Å²) in [7, 11) is 0. The Hall–Kier alpha value is -3.17. The summed E-state index contributed by atoms with van der Waals surface area (Å²) in [6.45, 7) is 6.15. The number of fused-ring (bicyclic) bond motifs is 3. The van der Waals surface area contributed by atoms with Crippen molar-refractivity contribution in [2.45, 2.75) is 11.8 Å². The third kappa shape index (κ3) is 3.49. The summed E-state index contributed by atoms with van der Waals surface area (Å²) in [5.74, 6) is 0. The van der Waals surface area contributed by atoms with Gasteiger partial charge in [-0.25, -0.2) is 0 Å². The first-order valence-electron chi connectivity index (χ1n) is 9.16. The Kier molecular flexibility index (Phi) is 5.09. The molecule has 0 aliphatic heterocycles. The van der Waals surface area contributed by atoms with Crippen LogP contribution in [-0.4, -0.2) is 0 Å². The van der Waals surface area contributed by atoms with Gasteiger partial charge in [0.25, 0.3) is 0 Å². The number of benzene rings is 3. The molecule has 0 amide bonds. The van der Waals surface area contributed by atoms with Crippen molar-refractivity contribution < 1.29 is 4.42 Å². The molecule has 4 rings (SSSR count). The van der Waals surface area contributed by atoms with Gasteiger partial charge < -0.3 is 9.73 Å². The molecule has 1 aromatic heterocycles. The minimum atomic E-state index is 0.863. The van der Waals surface area contributed by atoms with Crippen LogP contribution in [0.5, 0.6) is 0 Å². The van der Waals surface area contributed by atoms with Crippen LogP contribution < -0.4 is 5.32 Å². The van der Waals surface area contributed by atoms with Crippen LogP contribution in [0.4, 0.5) is 11.4 Å². The van der Waals surface area contributed by atoms with E-state index in [1.54, 1.807) is 0 Å². The highest BCUT2D eigenvalue weighted by Crippen LogP contribution is 2.34. The smallest absolute Gasteiger partial charge is 0.137 e. The van der Waals surface area contributed by atoms with Gasteiger partial charge in [-0.05, 0) is 42.3 Å². The van der Waals surface area contributed by atoms with Crippen molar-refractivity contribution >= 4 is 51.5 Å². The number of para-hydroxylation sites is 1. The van der Waals surface area contributed by atoms with Crippen LogP contribution in [0, 0.1) is 0 Å². The first kappa shape index (κ1) is 18.2. The third-order valence-corrected chi connectivity index (χ3v) is 5.12. The topological polar surface area (TPSA) is 25.2 Å². The molecule has 0 spiro atoms. The van der Waals surface area contributed by atoms with Crippen LogP contribution in [0.15, 0.2) is 101 Å². The lowest BCUT2D eigenvalue weighted by atomic mass is 10.1. The van der Waals surface area contributed by atoms with E-state index < -0.39 is 0 Å². The van der Waals surface area contributed by atoms with E-state index in [4.69, 9.17) is 17.0 Å². The van der Waals surface area contributed by atoms with Crippen molar-refractivity contribution in [3.63, 3.8) is 0 Å². The predicted octanol–water partition coefficient (Wildman–Crippen LogP) is 7.76. The third-order valence-electron chi connectivity index (χ3n) is 4.64. The molecular weight excluding hydrogens is 362 g/mol. The molecule has 4 aromatic rings. The first-order chi connectivity index (χ1) is 13.7. The molecule has 0 aliphatic carbocycles. The van der Waals surface area contributed by atoms with Gasteiger partial charge in [-0.2, -0.15) is 0 Å². The summed E-state index contributed by atoms with van der Waals surface area (Å²) in [5, 5.41) is 5.70. The Labute approximate surface area is 170 Å². The summed E-state index contributed by atoms with van der Waals surface area (Å²) in [6.07, 6.45) is 7.93. The van der Waals surface area contributed by atoms with Crippen LogP contribution in [0.2, 0.25) is 0 Å². The van der Waals surface area contributed by atoms with Crippen LogP contribution in [-0.2, 0) is 0 Å². The molecule has 1 N–H and O–H groups in total. The molecular formula is C25H21NOS. The zero-order chi connectivity index (χ0) is 19.5. The zero-order valence-corrected chi connectivity index (χ0v) is 16.5. The lowest BCUT2D eigenvalue weighted by molar-refractivity contribution is 0.669. The zero-order valence-electron chi connectivity index (χ0n) is 15.6. The standard InChI is InChI=1S/C25H21NOS/c1-3-4-5-9-17(2)19-11-8-12-22(25(19)28)26-18-14-15-21-20-10-6-7-13-23(20)27-24(21)16-18/h3-16,26,28H,2H2,1H3/b4-3-,9-5-. The molecule has 138 valence electrons. The van der Waals surface area contributed by atoms with Gasteiger partial charge >= 0.3 is 0 Å². The Balaban J connectivity index is 1.66. The Morgan fingerprint density at radius 2 is 1.79 bits per heavy atom. The van der Waals surface area contributed by atoms with Crippen LogP contribution in [0.25, 0.3) is 27.5 Å². The Morgan fingerprint density at radius 3 is 2.64 bits per heavy atom. The van der Waals surface area contributed by atoms with Crippen molar-refractivity contribution in [3.05, 3.63) is 97.1 Å². The van der Waals surface area contributed by atoms with Crippen LogP contribution >= 0.6 is 12.6 Å². The summed E-state index contributed by atoms with van der Waals surface area (Å²) in [4.78, 5) is 0.863. The number of hydrogen-bond acceptors (Lipinski definition) is 3. The molecule has 3 aromatic carbocycles. The molecule has 0 saturated carbocycles. The molecule has 0 fully saturated rings. The number of hydrogen-bond donors (Lipinski definition) is 2. The maximum absolute atomic E-state index is 5.99. The van der Waals surface area contributed by atoms with Gasteiger partial charge in [-0.3, -0.25) is 0 Å². The number of furan rings is 1. The van der Waals surface area contributed by atoms with E-state index in [-0.39, 0.29) is 0 Å². The van der Waals surface area contributed by atoms with E-state index in [1.807, 2.05) is 73.7 Å². The lowest BCUT2D eigenvalue weighted by Crippen LogP contribution is -1.94. The summed E-state index contributed by atoms with van der Waals surface area (Å²) in [5.41, 5.74) is 5.56. The fourth-order valence-corrected chi connectivity index (χ4v) is 3.58. The van der Waals surface area contributed by atoms with E-state index >= 15 is 0 Å². The Morgan fingerprint density at radius 1 is 0.964 bits per heavy atom. The van der Waals surface area contributed by atoms with Crippen molar-refractivity contribution in [1.29, 1.82) is 0 Å². The highest BCUT2D eigenvalue weighted by Gasteiger charge is 2.09. The van der Waals surface area contributed by atoms with Crippen molar-refractivity contribution in [2.75, 3.05) is 5.32 Å². The van der Waals surface area contributed by atoms with Crippen LogP contribution in [0.1, 0.15) is 12.5 Å². The second-order valence-electron chi connectivity index (χ2n) is 6.55. The largest absolute Gasteiger partial charge is 0.456 e. The summed E-state index contributed by atoms with van der Waals surface area (Å²) >= 11 is 4.74. The predicted molar refractivity (Wildman–Crippen MR) is 124 cm³/mol. The van der Waals surface area contributed by atoms with Gasteiger partial charge in [-0.1, -0.05) is 61.2 Å². The number of rotatable bonds is 5. The number of nitrogens with one attached hydrogen (secondary N) is 1. The van der Waals surface area contributed by atoms with Gasteiger partial charge in [0.05, 0.1) is 5.69 Å². The summed E-state index contributed by atoms with van der Waals surface area (Å²) in [6, 6.07) is 20.3. The van der Waals surface area contributed by atoms with E-state index in [0.29, 0.717) is 0 Å². The monoisotopic (exact) mass is 383 g/mol. The molecule has 0 aliphatic rings. The summed E-state index contributed by atoms with van der Waals surface area (Å²) < 4.78 is 5.99. The van der Waals surface area contributed by atoms with Gasteiger partial charge in [0.15, 0.2) is 0 Å². The van der Waals surface area contributed by atoms with Gasteiger partial charge in [-0.15, -0.1) is 12.6 Å². The molecule has 0 radical (unpaired) electrons. The molecule has 0 unspecified atom stereocenters. The molecule has 3 heteroatoms. The maximum Gasteiger partial charge on any atom is 0.137 e. The quantitative estimate of drug-likeness (QED) is 0.272. The molecule has 2 nitrogen and oxygen atoms in total. The average molecular weight is 384 g/mol. The van der Waals surface area contributed by atoms with Crippen molar-refractivity contribution in [2.24, 2.45) is 0 Å². The number of anilines is 2. The fraction of sp³-hybridized carbons (Fsp3) is 0.0400. The molecule has 1 heterocycles. The van der Waals surface area contributed by atoms with Crippen molar-refractivity contribution in [3.8, 4) is 0 Å². The SMILES string of the molecule is C=C(/C=C\C=C/C)c1cccc(Nc2ccc3c(c2)oc2ccccc23)c1S. The Bertz CT molecular complexity index is 1230. The van der Waals surface area contributed by atoms with Gasteiger partial charge in [0, 0.05) is 27.4 Å². The number of thiol groups is 1. The molecule has 0 saturated heterocycles. The van der Waals surface area contributed by atoms with Gasteiger partial charge in [0.2, 0.25) is 0 Å². The molecule has 0 bridgehead atoms. The molecule has 28 heavy (non-hydrogen) atoms. The van der Waals surface area contributed by atoms with E-state index in [2.05, 4.69) is 30.1 Å². The second-order valence-corrected chi connectivity index (χ2v) is 6.99. The average Bonchev–Trinajstić information content (AvgIpc) is 3.07. The van der Waals surface area contributed by atoms with E-state index in [1.165, 1.54) is 0 Å². The highest BCUT2D eigenvalue weighted by atomic mass is 32.1. The van der Waals surface area contributed by atoms with E-state index in [9.17, 15) is 0 Å². The van der Waals surface area contributed by atoms with Crippen molar-refractivity contribution in [1.82, 2.24) is 0 Å². The molecule has 0 atom stereocenters. The first-order valence-corrected chi connectivity index (χ1v) is 9.61. The van der Waals surface area contributed by atoms with E-state index in [0.717, 1.165) is 49.3 Å². The highest BCUT2D eigenvalue weighted by molar-refractivity contribution is 7.80. The minimum absolute atomic E-state index is 0.863. The van der Waals surface area contributed by atoms with Gasteiger partial charge in [0.1, 0.15) is 11.2 Å². The number of allylic oxidation sites excluding steroid dienone is 5.